The minimum atomic E-state index is 0.471. The molecule has 0 saturated heterocycles. The van der Waals surface area contributed by atoms with Gasteiger partial charge < -0.3 is 18.6 Å². The molecule has 0 atom stereocenters. The van der Waals surface area contributed by atoms with Crippen molar-refractivity contribution in [1.29, 1.82) is 0 Å². The summed E-state index contributed by atoms with van der Waals surface area (Å²) < 4.78 is 14.1. The molecule has 2 heterocycles. The fourth-order valence-corrected chi connectivity index (χ4v) is 6.90. The van der Waals surface area contributed by atoms with Crippen LogP contribution in [-0.2, 0) is 0 Å². The Bertz CT molecular complexity index is 2610. The molecule has 6 heteroatoms. The van der Waals surface area contributed by atoms with Crippen molar-refractivity contribution in [2.75, 3.05) is 11.5 Å². The predicted octanol–water partition coefficient (Wildman–Crippen LogP) is 12.0. The standard InChI is InChI=1S/C46H34N4O2/c1-2-51-40-28-23-33(24-29-40)32-17-19-34(20-18-32)45-47-48-46(52-45)35-21-25-38(26-22-35)49(36-11-5-3-6-12-36)39-27-30-44-42(31-39)41-15-9-10-16-43(41)50(44)37-13-7-4-8-14-37/h3-31H,2H2,1H3. The number of para-hydroxylation sites is 3. The van der Waals surface area contributed by atoms with E-state index in [4.69, 9.17) is 9.15 Å². The third-order valence-corrected chi connectivity index (χ3v) is 9.37. The van der Waals surface area contributed by atoms with Crippen LogP contribution in [0.3, 0.4) is 0 Å². The van der Waals surface area contributed by atoms with Crippen molar-refractivity contribution in [1.82, 2.24) is 14.8 Å². The Morgan fingerprint density at radius 3 is 1.69 bits per heavy atom. The van der Waals surface area contributed by atoms with Crippen molar-refractivity contribution in [3.8, 4) is 45.5 Å². The second-order valence-corrected chi connectivity index (χ2v) is 12.6. The molecule has 2 aromatic heterocycles. The summed E-state index contributed by atoms with van der Waals surface area (Å²) in [5.74, 6) is 1.82. The Morgan fingerprint density at radius 2 is 1.02 bits per heavy atom. The molecule has 0 aliphatic heterocycles. The van der Waals surface area contributed by atoms with E-state index in [2.05, 4.69) is 153 Å². The molecule has 0 saturated carbocycles. The maximum absolute atomic E-state index is 6.19. The van der Waals surface area contributed by atoms with Gasteiger partial charge in [-0.3, -0.25) is 0 Å². The van der Waals surface area contributed by atoms with Crippen molar-refractivity contribution < 1.29 is 9.15 Å². The maximum Gasteiger partial charge on any atom is 0.248 e. The number of benzene rings is 7. The minimum Gasteiger partial charge on any atom is -0.494 e. The van der Waals surface area contributed by atoms with Crippen LogP contribution in [0.5, 0.6) is 5.75 Å². The lowest BCUT2D eigenvalue weighted by molar-refractivity contribution is 0.340. The first kappa shape index (κ1) is 31.1. The molecule has 0 unspecified atom stereocenters. The summed E-state index contributed by atoms with van der Waals surface area (Å²) in [7, 11) is 0. The Kier molecular flexibility index (Phi) is 8.02. The quantitative estimate of drug-likeness (QED) is 0.152. The highest BCUT2D eigenvalue weighted by atomic mass is 16.5. The molecule has 0 N–H and O–H groups in total. The zero-order valence-corrected chi connectivity index (χ0v) is 28.6. The Morgan fingerprint density at radius 1 is 0.500 bits per heavy atom. The highest BCUT2D eigenvalue weighted by molar-refractivity contribution is 6.10. The van der Waals surface area contributed by atoms with E-state index in [1.165, 1.54) is 16.3 Å². The number of hydrogen-bond acceptors (Lipinski definition) is 5. The molecule has 0 bridgehead atoms. The molecule has 6 nitrogen and oxygen atoms in total. The molecule has 9 aromatic rings. The van der Waals surface area contributed by atoms with Crippen LogP contribution in [0.4, 0.5) is 17.1 Å². The van der Waals surface area contributed by atoms with Gasteiger partial charge in [0, 0.05) is 44.6 Å². The topological polar surface area (TPSA) is 56.3 Å². The van der Waals surface area contributed by atoms with Gasteiger partial charge in [-0.25, -0.2) is 0 Å². The fraction of sp³-hybridized carbons (Fsp3) is 0.0435. The van der Waals surface area contributed by atoms with Crippen LogP contribution in [-0.4, -0.2) is 21.4 Å². The van der Waals surface area contributed by atoms with E-state index in [1.54, 1.807) is 0 Å². The summed E-state index contributed by atoms with van der Waals surface area (Å²) >= 11 is 0. The van der Waals surface area contributed by atoms with E-state index in [0.29, 0.717) is 18.4 Å². The minimum absolute atomic E-state index is 0.471. The molecule has 0 aliphatic carbocycles. The Balaban J connectivity index is 1.03. The molecule has 9 rings (SSSR count). The van der Waals surface area contributed by atoms with Crippen LogP contribution >= 0.6 is 0 Å². The van der Waals surface area contributed by atoms with Gasteiger partial charge in [0.1, 0.15) is 5.75 Å². The average Bonchev–Trinajstić information content (AvgIpc) is 3.83. The molecule has 250 valence electrons. The SMILES string of the molecule is CCOc1ccc(-c2ccc(-c3nnc(-c4ccc(N(c5ccccc5)c5ccc6c(c5)c5ccccc5n6-c5ccccc5)cc4)o3)cc2)cc1. The van der Waals surface area contributed by atoms with E-state index in [-0.39, 0.29) is 0 Å². The van der Waals surface area contributed by atoms with Gasteiger partial charge in [-0.05, 0) is 115 Å². The van der Waals surface area contributed by atoms with E-state index in [0.717, 1.165) is 56.3 Å². The summed E-state index contributed by atoms with van der Waals surface area (Å²) in [5, 5.41) is 11.2. The van der Waals surface area contributed by atoms with E-state index < -0.39 is 0 Å². The zero-order chi connectivity index (χ0) is 34.9. The van der Waals surface area contributed by atoms with Crippen molar-refractivity contribution in [3.63, 3.8) is 0 Å². The van der Waals surface area contributed by atoms with Crippen LogP contribution in [0, 0.1) is 0 Å². The van der Waals surface area contributed by atoms with Crippen LogP contribution in [0.25, 0.3) is 61.5 Å². The maximum atomic E-state index is 6.19. The first-order chi connectivity index (χ1) is 25.7. The number of fused-ring (bicyclic) bond motifs is 3. The first-order valence-corrected chi connectivity index (χ1v) is 17.4. The van der Waals surface area contributed by atoms with Gasteiger partial charge in [0.25, 0.3) is 0 Å². The average molecular weight is 675 g/mol. The zero-order valence-electron chi connectivity index (χ0n) is 28.6. The lowest BCUT2D eigenvalue weighted by Crippen LogP contribution is -2.09. The summed E-state index contributed by atoms with van der Waals surface area (Å²) in [4.78, 5) is 2.28. The van der Waals surface area contributed by atoms with Gasteiger partial charge in [-0.15, -0.1) is 10.2 Å². The largest absolute Gasteiger partial charge is 0.494 e. The molecule has 0 spiro atoms. The van der Waals surface area contributed by atoms with Crippen LogP contribution in [0.15, 0.2) is 180 Å². The molecule has 0 aliphatic rings. The number of aromatic nitrogens is 3. The predicted molar refractivity (Wildman–Crippen MR) is 211 cm³/mol. The van der Waals surface area contributed by atoms with Gasteiger partial charge in [-0.2, -0.15) is 0 Å². The van der Waals surface area contributed by atoms with Gasteiger partial charge in [-0.1, -0.05) is 78.9 Å². The van der Waals surface area contributed by atoms with Crippen molar-refractivity contribution in [3.05, 3.63) is 176 Å². The van der Waals surface area contributed by atoms with Gasteiger partial charge in [0.15, 0.2) is 0 Å². The number of hydrogen-bond donors (Lipinski definition) is 0. The van der Waals surface area contributed by atoms with E-state index >= 15 is 0 Å². The summed E-state index contributed by atoms with van der Waals surface area (Å²) in [6, 6.07) is 60.9. The lowest BCUT2D eigenvalue weighted by Gasteiger charge is -2.25. The smallest absolute Gasteiger partial charge is 0.248 e. The third kappa shape index (κ3) is 5.76. The Labute approximate surface area is 301 Å². The summed E-state index contributed by atoms with van der Waals surface area (Å²) in [5.41, 5.74) is 10.6. The number of ether oxygens (including phenoxy) is 1. The molecule has 7 aromatic carbocycles. The fourth-order valence-electron chi connectivity index (χ4n) is 6.90. The molecule has 0 amide bonds. The Hall–Kier alpha value is -6.92. The summed E-state index contributed by atoms with van der Waals surface area (Å²) in [6.45, 7) is 2.63. The molecule has 0 radical (unpaired) electrons. The normalized spacial score (nSPS) is 11.2. The highest BCUT2D eigenvalue weighted by Crippen LogP contribution is 2.40. The van der Waals surface area contributed by atoms with Gasteiger partial charge >= 0.3 is 0 Å². The summed E-state index contributed by atoms with van der Waals surface area (Å²) in [6.07, 6.45) is 0. The highest BCUT2D eigenvalue weighted by Gasteiger charge is 2.18. The van der Waals surface area contributed by atoms with E-state index in [9.17, 15) is 0 Å². The number of anilines is 3. The second kappa shape index (κ2) is 13.4. The molecule has 52 heavy (non-hydrogen) atoms. The van der Waals surface area contributed by atoms with Crippen LogP contribution in [0.2, 0.25) is 0 Å². The number of nitrogens with zero attached hydrogens (tertiary/aromatic N) is 4. The van der Waals surface area contributed by atoms with Gasteiger partial charge in [0.05, 0.1) is 17.6 Å². The molecular formula is C46H34N4O2. The lowest BCUT2D eigenvalue weighted by atomic mass is 10.0. The van der Waals surface area contributed by atoms with Gasteiger partial charge in [0.2, 0.25) is 11.8 Å². The van der Waals surface area contributed by atoms with Crippen molar-refractivity contribution in [2.24, 2.45) is 0 Å². The first-order valence-electron chi connectivity index (χ1n) is 17.4. The monoisotopic (exact) mass is 674 g/mol. The van der Waals surface area contributed by atoms with Crippen LogP contribution < -0.4 is 9.64 Å². The molecular weight excluding hydrogens is 641 g/mol. The van der Waals surface area contributed by atoms with Crippen LogP contribution in [0.1, 0.15) is 6.92 Å². The number of rotatable bonds is 9. The molecule has 0 fully saturated rings. The van der Waals surface area contributed by atoms with Crippen molar-refractivity contribution >= 4 is 38.9 Å². The van der Waals surface area contributed by atoms with Crippen molar-refractivity contribution in [2.45, 2.75) is 6.92 Å². The third-order valence-electron chi connectivity index (χ3n) is 9.37. The second-order valence-electron chi connectivity index (χ2n) is 12.6. The van der Waals surface area contributed by atoms with E-state index in [1.807, 2.05) is 49.4 Å².